The molecule has 0 saturated carbocycles. The van der Waals surface area contributed by atoms with Crippen LogP contribution in [-0.2, 0) is 9.59 Å². The lowest BCUT2D eigenvalue weighted by molar-refractivity contribution is -0.132. The Labute approximate surface area is 229 Å². The first-order valence-corrected chi connectivity index (χ1v) is 12.6. The van der Waals surface area contributed by atoms with Crippen LogP contribution in [0.1, 0.15) is 31.0 Å². The van der Waals surface area contributed by atoms with Crippen LogP contribution in [0.4, 0.5) is 20.2 Å². The van der Waals surface area contributed by atoms with Gasteiger partial charge in [-0.25, -0.2) is 8.78 Å². The van der Waals surface area contributed by atoms with E-state index in [0.717, 1.165) is 35.8 Å². The summed E-state index contributed by atoms with van der Waals surface area (Å²) in [5.74, 6) is -4.19. The van der Waals surface area contributed by atoms with E-state index in [2.05, 4.69) is 4.90 Å². The minimum absolute atomic E-state index is 0.0330. The number of hydrogen-bond donors (Lipinski definition) is 1. The van der Waals surface area contributed by atoms with Crippen LogP contribution in [-0.4, -0.2) is 44.1 Å². The monoisotopic (exact) mass is 556 g/mol. The van der Waals surface area contributed by atoms with Gasteiger partial charge in [-0.2, -0.15) is 0 Å². The Morgan fingerprint density at radius 2 is 1.62 bits per heavy atom. The first-order valence-electron chi connectivity index (χ1n) is 12.2. The molecular weight excluding hydrogens is 530 g/mol. The lowest BCUT2D eigenvalue weighted by Crippen LogP contribution is -2.30. The summed E-state index contributed by atoms with van der Waals surface area (Å²) in [5, 5.41) is 11.6. The van der Waals surface area contributed by atoms with Crippen LogP contribution in [0.3, 0.4) is 0 Å². The molecule has 1 unspecified atom stereocenters. The minimum Gasteiger partial charge on any atom is -0.507 e. The number of ketones is 1. The van der Waals surface area contributed by atoms with Crippen molar-refractivity contribution in [3.05, 3.63) is 88.0 Å². The third kappa shape index (κ3) is 5.02. The fraction of sp³-hybridized carbons (Fsp3) is 0.241. The van der Waals surface area contributed by atoms with Crippen LogP contribution in [0.15, 0.2) is 60.2 Å². The standard InChI is InChI=1S/C29H27ClF2N2O5/c1-5-33(6-2)18-10-7-16(8-11-18)26-25(27(35)19-14-20(30)24(39-4)15-23(19)38-3)28(36)29(37)34(26)22-12-9-17(31)13-21(22)32/h7-15,26,35H,5-6H2,1-4H3/b27-25+. The highest BCUT2D eigenvalue weighted by atomic mass is 35.5. The number of amides is 1. The van der Waals surface area contributed by atoms with Gasteiger partial charge in [0.25, 0.3) is 11.7 Å². The van der Waals surface area contributed by atoms with Gasteiger partial charge < -0.3 is 19.5 Å². The van der Waals surface area contributed by atoms with Crippen LogP contribution in [0.2, 0.25) is 5.02 Å². The smallest absolute Gasteiger partial charge is 0.300 e. The van der Waals surface area contributed by atoms with E-state index in [9.17, 15) is 23.5 Å². The Morgan fingerprint density at radius 1 is 0.974 bits per heavy atom. The third-order valence-corrected chi connectivity index (χ3v) is 6.98. The van der Waals surface area contributed by atoms with Crippen LogP contribution in [0.5, 0.6) is 11.5 Å². The van der Waals surface area contributed by atoms with Gasteiger partial charge in [0.2, 0.25) is 0 Å². The fourth-order valence-corrected chi connectivity index (χ4v) is 4.96. The van der Waals surface area contributed by atoms with Gasteiger partial charge in [0.15, 0.2) is 0 Å². The van der Waals surface area contributed by atoms with Crippen molar-refractivity contribution in [3.63, 3.8) is 0 Å². The molecule has 1 saturated heterocycles. The number of carbonyl (C=O) groups excluding carboxylic acids is 2. The van der Waals surface area contributed by atoms with E-state index in [-0.39, 0.29) is 33.3 Å². The predicted octanol–water partition coefficient (Wildman–Crippen LogP) is 6.11. The number of methoxy groups -OCH3 is 2. The number of Topliss-reactive ketones (excluding diaryl/α,β-unsaturated/α-hetero) is 1. The maximum absolute atomic E-state index is 15.0. The zero-order valence-corrected chi connectivity index (χ0v) is 22.6. The molecular formula is C29H27ClF2N2O5. The van der Waals surface area contributed by atoms with Crippen LogP contribution in [0.25, 0.3) is 5.76 Å². The largest absolute Gasteiger partial charge is 0.507 e. The molecule has 1 aliphatic heterocycles. The minimum atomic E-state index is -1.23. The van der Waals surface area contributed by atoms with E-state index in [0.29, 0.717) is 11.6 Å². The van der Waals surface area contributed by atoms with Crippen molar-refractivity contribution in [2.75, 3.05) is 37.1 Å². The first-order chi connectivity index (χ1) is 18.7. The Morgan fingerprint density at radius 3 is 2.18 bits per heavy atom. The second kappa shape index (κ2) is 11.3. The van der Waals surface area contributed by atoms with E-state index in [1.807, 2.05) is 26.0 Å². The average Bonchev–Trinajstić information content (AvgIpc) is 3.19. The highest BCUT2D eigenvalue weighted by molar-refractivity contribution is 6.51. The quantitative estimate of drug-likeness (QED) is 0.205. The van der Waals surface area contributed by atoms with Gasteiger partial charge in [-0.1, -0.05) is 23.7 Å². The van der Waals surface area contributed by atoms with Gasteiger partial charge in [-0.15, -0.1) is 0 Å². The summed E-state index contributed by atoms with van der Waals surface area (Å²) in [5.41, 5.74) is 0.741. The Kier molecular flexibility index (Phi) is 8.11. The van der Waals surface area contributed by atoms with Crippen molar-refractivity contribution in [2.45, 2.75) is 19.9 Å². The van der Waals surface area contributed by atoms with Crippen molar-refractivity contribution in [1.82, 2.24) is 0 Å². The number of anilines is 2. The number of hydrogen-bond acceptors (Lipinski definition) is 6. The summed E-state index contributed by atoms with van der Waals surface area (Å²) in [4.78, 5) is 29.8. The number of benzene rings is 3. The Hall–Kier alpha value is -4.11. The van der Waals surface area contributed by atoms with Gasteiger partial charge >= 0.3 is 0 Å². The van der Waals surface area contributed by atoms with Crippen LogP contribution < -0.4 is 19.3 Å². The van der Waals surface area contributed by atoms with E-state index < -0.39 is 35.1 Å². The summed E-state index contributed by atoms with van der Waals surface area (Å²) in [6, 6.07) is 11.3. The van der Waals surface area contributed by atoms with Crippen molar-refractivity contribution in [3.8, 4) is 11.5 Å². The summed E-state index contributed by atoms with van der Waals surface area (Å²) >= 11 is 6.30. The van der Waals surface area contributed by atoms with Crippen molar-refractivity contribution in [2.24, 2.45) is 0 Å². The summed E-state index contributed by atoms with van der Waals surface area (Å²) in [6.07, 6.45) is 0. The Balaban J connectivity index is 1.97. The molecule has 1 aliphatic rings. The second-order valence-electron chi connectivity index (χ2n) is 8.72. The van der Waals surface area contributed by atoms with Gasteiger partial charge in [-0.3, -0.25) is 14.5 Å². The lowest BCUT2D eigenvalue weighted by atomic mass is 9.94. The molecule has 3 aromatic rings. The zero-order valence-electron chi connectivity index (χ0n) is 21.8. The molecule has 1 heterocycles. The number of carbonyl (C=O) groups is 2. The molecule has 0 bridgehead atoms. The van der Waals surface area contributed by atoms with E-state index in [1.54, 1.807) is 12.1 Å². The maximum atomic E-state index is 15.0. The lowest BCUT2D eigenvalue weighted by Gasteiger charge is -2.27. The van der Waals surface area contributed by atoms with Crippen molar-refractivity contribution in [1.29, 1.82) is 0 Å². The zero-order chi connectivity index (χ0) is 28.4. The molecule has 0 aliphatic carbocycles. The number of nitrogens with zero attached hydrogens (tertiary/aromatic N) is 2. The van der Waals surface area contributed by atoms with Crippen molar-refractivity contribution >= 4 is 40.4 Å². The van der Waals surface area contributed by atoms with E-state index in [1.165, 1.54) is 26.4 Å². The van der Waals surface area contributed by atoms with Gasteiger partial charge in [0.05, 0.1) is 42.1 Å². The molecule has 1 fully saturated rings. The highest BCUT2D eigenvalue weighted by Crippen LogP contribution is 2.45. The summed E-state index contributed by atoms with van der Waals surface area (Å²) in [6.45, 7) is 5.54. The molecule has 1 N–H and O–H groups in total. The molecule has 39 heavy (non-hydrogen) atoms. The molecule has 1 amide bonds. The molecule has 0 aromatic heterocycles. The number of halogens is 3. The number of aliphatic hydroxyl groups is 1. The number of aliphatic hydroxyl groups excluding tert-OH is 1. The fourth-order valence-electron chi connectivity index (χ4n) is 4.72. The average molecular weight is 557 g/mol. The van der Waals surface area contributed by atoms with Crippen molar-refractivity contribution < 1.29 is 33.0 Å². The summed E-state index contributed by atoms with van der Waals surface area (Å²) in [7, 11) is 2.76. The Bertz CT molecular complexity index is 1450. The molecule has 1 atom stereocenters. The van der Waals surface area contributed by atoms with Crippen LogP contribution in [0, 0.1) is 11.6 Å². The third-order valence-electron chi connectivity index (χ3n) is 6.68. The molecule has 10 heteroatoms. The molecule has 204 valence electrons. The predicted molar refractivity (Wildman–Crippen MR) is 146 cm³/mol. The highest BCUT2D eigenvalue weighted by Gasteiger charge is 2.48. The number of ether oxygens (including phenoxy) is 2. The van der Waals surface area contributed by atoms with E-state index >= 15 is 0 Å². The maximum Gasteiger partial charge on any atom is 0.300 e. The molecule has 0 spiro atoms. The molecule has 0 radical (unpaired) electrons. The molecule has 7 nitrogen and oxygen atoms in total. The first kappa shape index (κ1) is 27.9. The van der Waals surface area contributed by atoms with Gasteiger partial charge in [0, 0.05) is 30.9 Å². The molecule has 3 aromatic carbocycles. The number of rotatable bonds is 8. The summed E-state index contributed by atoms with van der Waals surface area (Å²) < 4.78 is 39.3. The van der Waals surface area contributed by atoms with Gasteiger partial charge in [0.1, 0.15) is 28.9 Å². The second-order valence-corrected chi connectivity index (χ2v) is 9.12. The SMILES string of the molecule is CCN(CC)c1ccc(C2/C(=C(\O)c3cc(Cl)c(OC)cc3OC)C(=O)C(=O)N2c2ccc(F)cc2F)cc1. The van der Waals surface area contributed by atoms with Gasteiger partial charge in [-0.05, 0) is 49.7 Å². The molecule has 4 rings (SSSR count). The topological polar surface area (TPSA) is 79.3 Å². The normalized spacial score (nSPS) is 16.5. The van der Waals surface area contributed by atoms with Crippen LogP contribution >= 0.6 is 11.6 Å². The van der Waals surface area contributed by atoms with E-state index in [4.69, 9.17) is 21.1 Å².